The van der Waals surface area contributed by atoms with Crippen LogP contribution < -0.4 is 5.11 Å². The van der Waals surface area contributed by atoms with Crippen LogP contribution >= 0.6 is 0 Å². The van der Waals surface area contributed by atoms with Gasteiger partial charge in [-0.15, -0.1) is 6.61 Å². The fourth-order valence-electron chi connectivity index (χ4n) is 0. The fraction of sp³-hybridized carbons (Fsp3) is 0.750. The molecule has 0 atom stereocenters. The monoisotopic (exact) mass is 188 g/mol. The molecule has 0 unspecified atom stereocenters. The van der Waals surface area contributed by atoms with Gasteiger partial charge in [0.05, 0.1) is 0 Å². The van der Waals surface area contributed by atoms with Crippen LogP contribution in [-0.2, 0) is 27.3 Å². The zero-order valence-electron chi connectivity index (χ0n) is 4.53. The molecule has 2 heteroatoms. The molecule has 0 rings (SSSR count). The second kappa shape index (κ2) is 39.6. The van der Waals surface area contributed by atoms with E-state index in [1.165, 1.54) is 0 Å². The first-order valence-electron chi connectivity index (χ1n) is 1.70. The van der Waals surface area contributed by atoms with Crippen molar-refractivity contribution in [2.75, 3.05) is 6.61 Å². The minimum Gasteiger partial charge on any atom is -0.855 e. The Hall–Kier alpha value is 0.882. The minimum absolute atomic E-state index is 0. The second-order valence-electron chi connectivity index (χ2n) is 0.289. The summed E-state index contributed by atoms with van der Waals surface area (Å²) in [5, 5.41) is 8.93. The van der Waals surface area contributed by atoms with Crippen LogP contribution in [0.5, 0.6) is 0 Å². The SMILES string of the molecule is CC[O-].[CH2-]C.[Cd+2]. The van der Waals surface area contributed by atoms with Crippen LogP contribution in [0.15, 0.2) is 0 Å². The Morgan fingerprint density at radius 1 is 1.50 bits per heavy atom. The van der Waals surface area contributed by atoms with Crippen LogP contribution in [-0.4, -0.2) is 6.61 Å². The Kier molecular flexibility index (Phi) is 104. The normalized spacial score (nSPS) is 4.00. The van der Waals surface area contributed by atoms with E-state index in [4.69, 9.17) is 5.11 Å². The van der Waals surface area contributed by atoms with Crippen LogP contribution in [0.25, 0.3) is 0 Å². The Labute approximate surface area is 59.9 Å². The maximum absolute atomic E-state index is 8.93. The third-order valence-corrected chi connectivity index (χ3v) is 0. The molecule has 0 heterocycles. The second-order valence-corrected chi connectivity index (χ2v) is 0.289. The van der Waals surface area contributed by atoms with Crippen molar-refractivity contribution in [3.8, 4) is 0 Å². The maximum Gasteiger partial charge on any atom is 2.00 e. The zero-order valence-corrected chi connectivity index (χ0v) is 8.57. The molecule has 0 aliphatic heterocycles. The fourth-order valence-corrected chi connectivity index (χ4v) is 0. The van der Waals surface area contributed by atoms with Gasteiger partial charge in [0.2, 0.25) is 0 Å². The molecule has 0 saturated carbocycles. The van der Waals surface area contributed by atoms with Gasteiger partial charge in [-0.2, -0.15) is 6.92 Å². The van der Waals surface area contributed by atoms with Gasteiger partial charge in [-0.25, -0.2) is 0 Å². The van der Waals surface area contributed by atoms with E-state index >= 15 is 0 Å². The third-order valence-electron chi connectivity index (χ3n) is 0. The molecule has 0 amide bonds. The van der Waals surface area contributed by atoms with Gasteiger partial charge in [0.1, 0.15) is 0 Å². The maximum atomic E-state index is 8.93. The summed E-state index contributed by atoms with van der Waals surface area (Å²) in [4.78, 5) is 0. The molecule has 0 aromatic heterocycles. The predicted octanol–water partition coefficient (Wildman–Crippen LogP) is 0.204. The van der Waals surface area contributed by atoms with Gasteiger partial charge < -0.3 is 12.0 Å². The van der Waals surface area contributed by atoms with Gasteiger partial charge in [-0.1, -0.05) is 6.92 Å². The first-order chi connectivity index (χ1) is 2.41. The largest absolute Gasteiger partial charge is 2.00 e. The average molecular weight is 187 g/mol. The summed E-state index contributed by atoms with van der Waals surface area (Å²) in [5.74, 6) is 0. The van der Waals surface area contributed by atoms with E-state index in [1.807, 2.05) is 0 Å². The standard InChI is InChI=1S/C2H5O.C2H5.Cd/c1-2-3;1-2;/h2H2,1H3;1H2,2H3;/q2*-1;+2. The molecule has 0 spiro atoms. The molecule has 0 radical (unpaired) electrons. The van der Waals surface area contributed by atoms with Crippen molar-refractivity contribution in [1.29, 1.82) is 0 Å². The van der Waals surface area contributed by atoms with E-state index in [1.54, 1.807) is 13.8 Å². The van der Waals surface area contributed by atoms with Gasteiger partial charge in [0, 0.05) is 0 Å². The van der Waals surface area contributed by atoms with Crippen LogP contribution in [0.2, 0.25) is 0 Å². The zero-order chi connectivity index (χ0) is 4.71. The molecule has 6 heavy (non-hydrogen) atoms. The van der Waals surface area contributed by atoms with Crippen molar-refractivity contribution in [1.82, 2.24) is 0 Å². The van der Waals surface area contributed by atoms with E-state index in [0.29, 0.717) is 0 Å². The number of hydrogen-bond donors (Lipinski definition) is 0. The summed E-state index contributed by atoms with van der Waals surface area (Å²) in [5.41, 5.74) is 0. The van der Waals surface area contributed by atoms with Crippen LogP contribution in [0, 0.1) is 6.92 Å². The molecular formula is C4H10CdO. The summed E-state index contributed by atoms with van der Waals surface area (Å²) in [6, 6.07) is 0. The molecular weight excluding hydrogens is 176 g/mol. The first-order valence-corrected chi connectivity index (χ1v) is 1.70. The van der Waals surface area contributed by atoms with Crippen LogP contribution in [0.3, 0.4) is 0 Å². The van der Waals surface area contributed by atoms with Gasteiger partial charge in [-0.3, -0.25) is 0 Å². The molecule has 0 saturated heterocycles. The Balaban J connectivity index is -0.0000000275. The Morgan fingerprint density at radius 3 is 1.50 bits per heavy atom. The summed E-state index contributed by atoms with van der Waals surface area (Å²) >= 11 is 0. The molecule has 0 aliphatic carbocycles. The first kappa shape index (κ1) is 15.8. The molecule has 1 nitrogen and oxygen atoms in total. The molecule has 0 aromatic carbocycles. The van der Waals surface area contributed by atoms with Gasteiger partial charge in [-0.05, 0) is 0 Å². The van der Waals surface area contributed by atoms with Crippen molar-refractivity contribution < 1.29 is 32.4 Å². The molecule has 0 bridgehead atoms. The quantitative estimate of drug-likeness (QED) is 0.392. The van der Waals surface area contributed by atoms with E-state index in [-0.39, 0.29) is 33.9 Å². The van der Waals surface area contributed by atoms with E-state index in [2.05, 4.69) is 6.92 Å². The Morgan fingerprint density at radius 2 is 1.50 bits per heavy atom. The van der Waals surface area contributed by atoms with E-state index in [9.17, 15) is 0 Å². The molecule has 0 aromatic rings. The van der Waals surface area contributed by atoms with Gasteiger partial charge >= 0.3 is 27.3 Å². The molecule has 0 aliphatic rings. The van der Waals surface area contributed by atoms with Gasteiger partial charge in [0.15, 0.2) is 0 Å². The summed E-state index contributed by atoms with van der Waals surface area (Å²) in [6.45, 7) is 6.57. The minimum atomic E-state index is 0. The number of rotatable bonds is 0. The van der Waals surface area contributed by atoms with E-state index in [0.717, 1.165) is 0 Å². The van der Waals surface area contributed by atoms with Crippen molar-refractivity contribution in [2.45, 2.75) is 13.8 Å². The summed E-state index contributed by atoms with van der Waals surface area (Å²) < 4.78 is 0. The van der Waals surface area contributed by atoms with Gasteiger partial charge in [0.25, 0.3) is 0 Å². The van der Waals surface area contributed by atoms with E-state index < -0.39 is 0 Å². The van der Waals surface area contributed by atoms with Crippen molar-refractivity contribution >= 4 is 0 Å². The average Bonchev–Trinajstić information content (AvgIpc) is 1.46. The smallest absolute Gasteiger partial charge is 0.855 e. The van der Waals surface area contributed by atoms with Crippen LogP contribution in [0.1, 0.15) is 13.8 Å². The van der Waals surface area contributed by atoms with Crippen molar-refractivity contribution in [3.63, 3.8) is 0 Å². The summed E-state index contributed by atoms with van der Waals surface area (Å²) in [7, 11) is 0. The van der Waals surface area contributed by atoms with Crippen molar-refractivity contribution in [2.24, 2.45) is 0 Å². The predicted molar refractivity (Wildman–Crippen MR) is 21.6 cm³/mol. The van der Waals surface area contributed by atoms with Crippen molar-refractivity contribution in [3.05, 3.63) is 6.92 Å². The number of hydrogen-bond acceptors (Lipinski definition) is 1. The topological polar surface area (TPSA) is 23.1 Å². The summed E-state index contributed by atoms with van der Waals surface area (Å²) in [6.07, 6.45) is 0. The molecule has 34 valence electrons. The Bertz CT molecular complexity index is 7.51. The third kappa shape index (κ3) is 94.6. The molecule has 0 N–H and O–H groups in total. The molecule has 0 fully saturated rings. The van der Waals surface area contributed by atoms with Crippen LogP contribution in [0.4, 0.5) is 0 Å².